The third-order valence-corrected chi connectivity index (χ3v) is 2.84. The molecule has 0 bridgehead atoms. The lowest BCUT2D eigenvalue weighted by Crippen LogP contribution is -2.22. The molecule has 0 aromatic heterocycles. The molecule has 0 heterocycles. The Kier molecular flexibility index (Phi) is 6.12. The van der Waals surface area contributed by atoms with Gasteiger partial charge in [-0.05, 0) is 49.9 Å². The first-order chi connectivity index (χ1) is 8.13. The third-order valence-electron chi connectivity index (χ3n) is 2.84. The minimum absolute atomic E-state index is 0.432. The molecule has 0 aliphatic rings. The molecule has 1 aromatic carbocycles. The van der Waals surface area contributed by atoms with E-state index in [9.17, 15) is 8.78 Å². The minimum atomic E-state index is -0.510. The van der Waals surface area contributed by atoms with Gasteiger partial charge in [-0.2, -0.15) is 0 Å². The van der Waals surface area contributed by atoms with Crippen LogP contribution in [0.2, 0.25) is 0 Å². The molecule has 0 aliphatic carbocycles. The number of halogens is 2. The first kappa shape index (κ1) is 14.1. The molecule has 1 aromatic rings. The lowest BCUT2D eigenvalue weighted by atomic mass is 10.0. The summed E-state index contributed by atoms with van der Waals surface area (Å²) in [7, 11) is 0. The lowest BCUT2D eigenvalue weighted by molar-refractivity contribution is 0.475. The molecule has 0 amide bonds. The number of aryl methyl sites for hydroxylation is 1. The van der Waals surface area contributed by atoms with Crippen LogP contribution in [0.15, 0.2) is 18.2 Å². The fraction of sp³-hybridized carbons (Fsp3) is 0.571. The topological polar surface area (TPSA) is 12.0 Å². The van der Waals surface area contributed by atoms with E-state index in [0.717, 1.165) is 32.0 Å². The van der Waals surface area contributed by atoms with Crippen molar-refractivity contribution >= 4 is 0 Å². The number of hydrogen-bond donors (Lipinski definition) is 1. The summed E-state index contributed by atoms with van der Waals surface area (Å²) >= 11 is 0. The van der Waals surface area contributed by atoms with Gasteiger partial charge in [0.05, 0.1) is 0 Å². The molecule has 3 heteroatoms. The quantitative estimate of drug-likeness (QED) is 0.720. The van der Waals surface area contributed by atoms with E-state index in [2.05, 4.69) is 19.2 Å². The Labute approximate surface area is 102 Å². The third kappa shape index (κ3) is 5.26. The monoisotopic (exact) mass is 241 g/mol. The van der Waals surface area contributed by atoms with E-state index in [1.165, 1.54) is 12.1 Å². The van der Waals surface area contributed by atoms with Gasteiger partial charge < -0.3 is 5.32 Å². The van der Waals surface area contributed by atoms with Crippen LogP contribution in [0.1, 0.15) is 32.3 Å². The van der Waals surface area contributed by atoms with Crippen LogP contribution in [-0.4, -0.2) is 13.1 Å². The molecule has 1 nitrogen and oxygen atoms in total. The van der Waals surface area contributed by atoms with Crippen LogP contribution in [0, 0.1) is 17.6 Å². The average Bonchev–Trinajstić information content (AvgIpc) is 2.28. The summed E-state index contributed by atoms with van der Waals surface area (Å²) in [5.74, 6) is -0.436. The van der Waals surface area contributed by atoms with Crippen LogP contribution in [-0.2, 0) is 6.42 Å². The fourth-order valence-electron chi connectivity index (χ4n) is 1.75. The Balaban J connectivity index is 2.34. The number of rotatable bonds is 7. The summed E-state index contributed by atoms with van der Waals surface area (Å²) in [6.07, 6.45) is 2.71. The second-order valence-electron chi connectivity index (χ2n) is 4.58. The van der Waals surface area contributed by atoms with Crippen molar-refractivity contribution in [3.63, 3.8) is 0 Å². The summed E-state index contributed by atoms with van der Waals surface area (Å²) < 4.78 is 26.1. The van der Waals surface area contributed by atoms with Crippen molar-refractivity contribution in [2.75, 3.05) is 13.1 Å². The van der Waals surface area contributed by atoms with Gasteiger partial charge in [-0.25, -0.2) is 8.78 Å². The normalized spacial score (nSPS) is 12.7. The molecular formula is C14H21F2N. The van der Waals surface area contributed by atoms with Gasteiger partial charge in [-0.15, -0.1) is 0 Å². The standard InChI is InChI=1S/C14H21F2N/c1-3-8-17-10-11(2)4-5-12-6-7-13(15)9-14(12)16/h6-7,9,11,17H,3-5,8,10H2,1-2H3. The van der Waals surface area contributed by atoms with Crippen LogP contribution in [0.3, 0.4) is 0 Å². The summed E-state index contributed by atoms with van der Waals surface area (Å²) in [6.45, 7) is 6.25. The Morgan fingerprint density at radius 3 is 2.71 bits per heavy atom. The second kappa shape index (κ2) is 7.38. The molecule has 0 fully saturated rings. The van der Waals surface area contributed by atoms with Crippen LogP contribution >= 0.6 is 0 Å². The van der Waals surface area contributed by atoms with Crippen LogP contribution in [0.5, 0.6) is 0 Å². The van der Waals surface area contributed by atoms with Gasteiger partial charge in [-0.1, -0.05) is 19.9 Å². The van der Waals surface area contributed by atoms with Crippen molar-refractivity contribution in [1.82, 2.24) is 5.32 Å². The van der Waals surface area contributed by atoms with E-state index in [-0.39, 0.29) is 0 Å². The van der Waals surface area contributed by atoms with Crippen molar-refractivity contribution in [2.24, 2.45) is 5.92 Å². The highest BCUT2D eigenvalue weighted by molar-refractivity contribution is 5.18. The predicted molar refractivity (Wildman–Crippen MR) is 67.0 cm³/mol. The van der Waals surface area contributed by atoms with E-state index >= 15 is 0 Å². The number of hydrogen-bond acceptors (Lipinski definition) is 1. The Bertz CT molecular complexity index is 339. The van der Waals surface area contributed by atoms with Gasteiger partial charge in [0.25, 0.3) is 0 Å². The van der Waals surface area contributed by atoms with Crippen LogP contribution < -0.4 is 5.32 Å². The first-order valence-electron chi connectivity index (χ1n) is 6.28. The molecule has 17 heavy (non-hydrogen) atoms. The molecule has 0 saturated carbocycles. The maximum atomic E-state index is 13.4. The molecule has 1 rings (SSSR count). The lowest BCUT2D eigenvalue weighted by Gasteiger charge is -2.12. The maximum absolute atomic E-state index is 13.4. The van der Waals surface area contributed by atoms with E-state index in [1.54, 1.807) is 0 Å². The van der Waals surface area contributed by atoms with E-state index in [0.29, 0.717) is 17.9 Å². The molecule has 1 atom stereocenters. The fourth-order valence-corrected chi connectivity index (χ4v) is 1.75. The molecule has 0 aliphatic heterocycles. The van der Waals surface area contributed by atoms with Gasteiger partial charge in [0.15, 0.2) is 0 Å². The summed E-state index contributed by atoms with van der Waals surface area (Å²) in [5.41, 5.74) is 0.605. The predicted octanol–water partition coefficient (Wildman–Crippen LogP) is 3.53. The number of nitrogens with one attached hydrogen (secondary N) is 1. The van der Waals surface area contributed by atoms with Crippen molar-refractivity contribution in [1.29, 1.82) is 0 Å². The number of benzene rings is 1. The first-order valence-corrected chi connectivity index (χ1v) is 6.28. The highest BCUT2D eigenvalue weighted by Crippen LogP contribution is 2.14. The minimum Gasteiger partial charge on any atom is -0.316 e. The molecule has 0 saturated heterocycles. The zero-order valence-electron chi connectivity index (χ0n) is 10.6. The smallest absolute Gasteiger partial charge is 0.129 e. The van der Waals surface area contributed by atoms with E-state index < -0.39 is 11.6 Å². The maximum Gasteiger partial charge on any atom is 0.129 e. The van der Waals surface area contributed by atoms with Crippen molar-refractivity contribution < 1.29 is 8.78 Å². The summed E-state index contributed by atoms with van der Waals surface area (Å²) in [5, 5.41) is 3.34. The second-order valence-corrected chi connectivity index (χ2v) is 4.58. The van der Waals surface area contributed by atoms with Gasteiger partial charge in [0.2, 0.25) is 0 Å². The summed E-state index contributed by atoms with van der Waals surface area (Å²) in [4.78, 5) is 0. The van der Waals surface area contributed by atoms with Gasteiger partial charge >= 0.3 is 0 Å². The van der Waals surface area contributed by atoms with Crippen LogP contribution in [0.4, 0.5) is 8.78 Å². The van der Waals surface area contributed by atoms with E-state index in [4.69, 9.17) is 0 Å². The SMILES string of the molecule is CCCNCC(C)CCc1ccc(F)cc1F. The van der Waals surface area contributed by atoms with Crippen LogP contribution in [0.25, 0.3) is 0 Å². The van der Waals surface area contributed by atoms with Gasteiger partial charge in [0, 0.05) is 6.07 Å². The highest BCUT2D eigenvalue weighted by Gasteiger charge is 2.06. The van der Waals surface area contributed by atoms with Crippen molar-refractivity contribution in [3.05, 3.63) is 35.4 Å². The average molecular weight is 241 g/mol. The molecule has 0 radical (unpaired) electrons. The van der Waals surface area contributed by atoms with Crippen molar-refractivity contribution in [2.45, 2.75) is 33.1 Å². The van der Waals surface area contributed by atoms with E-state index in [1.807, 2.05) is 0 Å². The van der Waals surface area contributed by atoms with Gasteiger partial charge in [0.1, 0.15) is 11.6 Å². The Hall–Kier alpha value is -0.960. The highest BCUT2D eigenvalue weighted by atomic mass is 19.1. The zero-order chi connectivity index (χ0) is 12.7. The summed E-state index contributed by atoms with van der Waals surface area (Å²) in [6, 6.07) is 3.81. The van der Waals surface area contributed by atoms with Gasteiger partial charge in [-0.3, -0.25) is 0 Å². The zero-order valence-corrected chi connectivity index (χ0v) is 10.6. The Morgan fingerprint density at radius 1 is 1.29 bits per heavy atom. The van der Waals surface area contributed by atoms with Crippen molar-refractivity contribution in [3.8, 4) is 0 Å². The molecule has 96 valence electrons. The largest absolute Gasteiger partial charge is 0.316 e. The molecule has 0 spiro atoms. The molecule has 1 N–H and O–H groups in total. The Morgan fingerprint density at radius 2 is 2.06 bits per heavy atom. The molecular weight excluding hydrogens is 220 g/mol. The molecule has 1 unspecified atom stereocenters.